The molecule has 0 bridgehead atoms. The molecule has 2 unspecified atom stereocenters. The number of alkyl halides is 6. The van der Waals surface area contributed by atoms with Gasteiger partial charge in [0.1, 0.15) is 23.1 Å². The van der Waals surface area contributed by atoms with Crippen LogP contribution in [0.5, 0.6) is 11.5 Å². The molecule has 0 N–H and O–H groups in total. The highest BCUT2D eigenvalue weighted by atomic mass is 19.4. The summed E-state index contributed by atoms with van der Waals surface area (Å²) in [6, 6.07) is 34.0. The molecule has 0 aliphatic heterocycles. The van der Waals surface area contributed by atoms with Crippen molar-refractivity contribution < 1.29 is 49.3 Å². The number of hydrogen-bond donors (Lipinski definition) is 0. The molecule has 0 saturated heterocycles. The van der Waals surface area contributed by atoms with Gasteiger partial charge in [-0.1, -0.05) is 97.1 Å². The van der Waals surface area contributed by atoms with E-state index >= 15 is 0 Å². The number of halogens is 8. The van der Waals surface area contributed by atoms with Gasteiger partial charge in [0, 0.05) is 38.2 Å². The lowest BCUT2D eigenvalue weighted by Crippen LogP contribution is -2.29. The van der Waals surface area contributed by atoms with E-state index < -0.39 is 37.4 Å². The number of benzene rings is 6. The smallest absolute Gasteiger partial charge is 0.394 e. The van der Waals surface area contributed by atoms with Gasteiger partial charge in [-0.15, -0.1) is 0 Å². The molecule has 0 amide bonds. The summed E-state index contributed by atoms with van der Waals surface area (Å²) in [7, 11) is 2.43. The van der Waals surface area contributed by atoms with E-state index in [1.54, 1.807) is 86.6 Å². The first kappa shape index (κ1) is 45.0. The van der Waals surface area contributed by atoms with Crippen LogP contribution in [0.4, 0.5) is 35.1 Å². The molecule has 2 atom stereocenters. The predicted octanol–water partition coefficient (Wildman–Crippen LogP) is 13.6. The average Bonchev–Trinajstić information content (AvgIpc) is 3.19. The topological polar surface area (TPSA) is 27.7 Å². The van der Waals surface area contributed by atoms with Gasteiger partial charge in [-0.2, -0.15) is 26.3 Å². The van der Waals surface area contributed by atoms with Crippen molar-refractivity contribution in [1.29, 1.82) is 0 Å². The minimum absolute atomic E-state index is 0.232. The molecule has 6 aromatic carbocycles. The highest BCUT2D eigenvalue weighted by Crippen LogP contribution is 2.37. The maximum atomic E-state index is 14.8. The molecule has 0 aliphatic carbocycles. The first-order valence-electron chi connectivity index (χ1n) is 19.7. The first-order valence-corrected chi connectivity index (χ1v) is 19.7. The van der Waals surface area contributed by atoms with Gasteiger partial charge in [0.25, 0.3) is 0 Å². The molecular weight excluding hydrogens is 801 g/mol. The van der Waals surface area contributed by atoms with E-state index in [4.69, 9.17) is 14.2 Å². The normalized spacial score (nSPS) is 13.0. The van der Waals surface area contributed by atoms with E-state index in [0.717, 1.165) is 22.3 Å². The maximum Gasteiger partial charge on any atom is 0.394 e. The van der Waals surface area contributed by atoms with Crippen molar-refractivity contribution >= 4 is 0 Å². The lowest BCUT2D eigenvalue weighted by molar-refractivity contribution is -0.186. The van der Waals surface area contributed by atoms with Crippen LogP contribution in [0.2, 0.25) is 0 Å². The van der Waals surface area contributed by atoms with Gasteiger partial charge in [-0.05, 0) is 107 Å². The highest BCUT2D eigenvalue weighted by molar-refractivity contribution is 5.66. The van der Waals surface area contributed by atoms with Crippen LogP contribution >= 0.6 is 0 Å². The molecule has 0 saturated carbocycles. The van der Waals surface area contributed by atoms with Gasteiger partial charge in [-0.25, -0.2) is 8.78 Å². The quantitative estimate of drug-likeness (QED) is 0.0908. The van der Waals surface area contributed by atoms with Crippen LogP contribution in [0.25, 0.3) is 22.3 Å². The minimum atomic E-state index is -4.51. The molecule has 320 valence electrons. The Labute approximate surface area is 350 Å². The Morgan fingerprint density at radius 1 is 0.459 bits per heavy atom. The van der Waals surface area contributed by atoms with Crippen molar-refractivity contribution in [2.75, 3.05) is 27.4 Å². The summed E-state index contributed by atoms with van der Waals surface area (Å²) in [5.74, 6) is -3.58. The van der Waals surface area contributed by atoms with Crippen molar-refractivity contribution in [2.24, 2.45) is 11.8 Å². The van der Waals surface area contributed by atoms with Gasteiger partial charge >= 0.3 is 12.4 Å². The van der Waals surface area contributed by atoms with E-state index in [-0.39, 0.29) is 37.3 Å². The summed E-state index contributed by atoms with van der Waals surface area (Å²) < 4.78 is 130. The molecule has 0 heterocycles. The van der Waals surface area contributed by atoms with E-state index in [9.17, 15) is 35.1 Å². The first-order chi connectivity index (χ1) is 29.0. The zero-order valence-electron chi connectivity index (χ0n) is 34.2. The van der Waals surface area contributed by atoms with Crippen molar-refractivity contribution in [3.05, 3.63) is 177 Å². The second-order valence-corrected chi connectivity index (χ2v) is 15.5. The fourth-order valence-corrected chi connectivity index (χ4v) is 7.38. The molecule has 0 aliphatic rings. The highest BCUT2D eigenvalue weighted by Gasteiger charge is 2.40. The fourth-order valence-electron chi connectivity index (χ4n) is 7.38. The molecule has 0 fully saturated rings. The third kappa shape index (κ3) is 11.9. The third-order valence-corrected chi connectivity index (χ3v) is 10.7. The molecule has 0 aromatic heterocycles. The van der Waals surface area contributed by atoms with E-state index in [0.29, 0.717) is 56.0 Å². The van der Waals surface area contributed by atoms with Crippen LogP contribution in [0.15, 0.2) is 121 Å². The summed E-state index contributed by atoms with van der Waals surface area (Å²) in [6.45, 7) is 2.55. The second kappa shape index (κ2) is 19.5. The van der Waals surface area contributed by atoms with Crippen LogP contribution in [0.1, 0.15) is 44.5 Å². The Morgan fingerprint density at radius 2 is 0.820 bits per heavy atom. The van der Waals surface area contributed by atoms with Crippen molar-refractivity contribution in [3.63, 3.8) is 0 Å². The molecule has 6 rings (SSSR count). The zero-order chi connectivity index (χ0) is 43.9. The molecule has 6 aromatic rings. The summed E-state index contributed by atoms with van der Waals surface area (Å²) in [4.78, 5) is 0. The average molecular weight is 847 g/mol. The number of aryl methyl sites for hydroxylation is 2. The Bertz CT molecular complexity index is 2240. The Kier molecular flexibility index (Phi) is 14.4. The van der Waals surface area contributed by atoms with E-state index in [2.05, 4.69) is 0 Å². The zero-order valence-corrected chi connectivity index (χ0v) is 34.2. The Morgan fingerprint density at radius 3 is 1.15 bits per heavy atom. The minimum Gasteiger partial charge on any atom is -0.457 e. The summed E-state index contributed by atoms with van der Waals surface area (Å²) in [5, 5.41) is 0. The van der Waals surface area contributed by atoms with Crippen LogP contribution in [-0.2, 0) is 35.2 Å². The second-order valence-electron chi connectivity index (χ2n) is 15.5. The largest absolute Gasteiger partial charge is 0.457 e. The van der Waals surface area contributed by atoms with Crippen LogP contribution < -0.4 is 4.74 Å². The standard InChI is InChI=1S/C50H46F8O3/c1-31-5-17-43(45(51)21-31)37-13-7-33(8-14-37)23-39-25-35(27-41(29-59-3)49(53,54)55)11-19-47(39)61-48-20-12-36(28-42(30-60-4)50(56,57)58)26-40(48)24-34-9-15-38(16-10-34)44-18-6-32(2)22-46(44)52/h5-22,25-26,41-42H,23-24,27-30H2,1-4H3. The monoisotopic (exact) mass is 846 g/mol. The molecule has 3 nitrogen and oxygen atoms in total. The fraction of sp³-hybridized carbons (Fsp3) is 0.280. The SMILES string of the molecule is COCC(Cc1ccc(Oc2ccc(CC(COC)C(F)(F)F)cc2Cc2ccc(-c3ccc(C)cc3F)cc2)c(Cc2ccc(-c3ccc(C)cc3F)cc2)c1)C(F)(F)F. The van der Waals surface area contributed by atoms with E-state index in [1.807, 2.05) is 36.4 Å². The summed E-state index contributed by atoms with van der Waals surface area (Å²) >= 11 is 0. The third-order valence-electron chi connectivity index (χ3n) is 10.7. The summed E-state index contributed by atoms with van der Waals surface area (Å²) in [6.07, 6.45) is -9.25. The van der Waals surface area contributed by atoms with Gasteiger partial charge in [0.05, 0.1) is 25.0 Å². The number of hydrogen-bond acceptors (Lipinski definition) is 3. The molecule has 0 spiro atoms. The summed E-state index contributed by atoms with van der Waals surface area (Å²) in [5.41, 5.74) is 7.19. The van der Waals surface area contributed by atoms with Crippen molar-refractivity contribution in [3.8, 4) is 33.8 Å². The number of methoxy groups -OCH3 is 2. The van der Waals surface area contributed by atoms with E-state index in [1.165, 1.54) is 26.4 Å². The van der Waals surface area contributed by atoms with Gasteiger partial charge < -0.3 is 14.2 Å². The molecular formula is C50H46F8O3. The lowest BCUT2D eigenvalue weighted by Gasteiger charge is -2.22. The van der Waals surface area contributed by atoms with Crippen LogP contribution in [-0.4, -0.2) is 39.8 Å². The lowest BCUT2D eigenvalue weighted by atomic mass is 9.94. The van der Waals surface area contributed by atoms with Crippen LogP contribution in [0.3, 0.4) is 0 Å². The predicted molar refractivity (Wildman–Crippen MR) is 222 cm³/mol. The molecule has 61 heavy (non-hydrogen) atoms. The van der Waals surface area contributed by atoms with Gasteiger partial charge in [0.15, 0.2) is 0 Å². The Hall–Kier alpha value is -5.52. The maximum absolute atomic E-state index is 14.8. The van der Waals surface area contributed by atoms with Crippen molar-refractivity contribution in [2.45, 2.75) is 51.9 Å². The number of rotatable bonds is 16. The van der Waals surface area contributed by atoms with Gasteiger partial charge in [0.2, 0.25) is 0 Å². The Balaban J connectivity index is 1.37. The molecule has 0 radical (unpaired) electrons. The van der Waals surface area contributed by atoms with Gasteiger partial charge in [-0.3, -0.25) is 0 Å². The van der Waals surface area contributed by atoms with Crippen molar-refractivity contribution in [1.82, 2.24) is 0 Å². The number of ether oxygens (including phenoxy) is 3. The molecule has 11 heteroatoms. The van der Waals surface area contributed by atoms with Crippen LogP contribution in [0, 0.1) is 37.3 Å².